The highest BCUT2D eigenvalue weighted by molar-refractivity contribution is 7.80. The highest BCUT2D eigenvalue weighted by Crippen LogP contribution is 2.32. The molecule has 1 amide bonds. The molecule has 0 bridgehead atoms. The molecular weight excluding hydrogens is 414 g/mol. The van der Waals surface area contributed by atoms with Crippen molar-refractivity contribution in [3.63, 3.8) is 0 Å². The van der Waals surface area contributed by atoms with E-state index in [0.29, 0.717) is 41.8 Å². The Labute approximate surface area is 184 Å². The van der Waals surface area contributed by atoms with Crippen molar-refractivity contribution < 1.29 is 14.3 Å². The number of ether oxygens (including phenoxy) is 2. The van der Waals surface area contributed by atoms with Gasteiger partial charge in [-0.2, -0.15) is 0 Å². The van der Waals surface area contributed by atoms with Gasteiger partial charge in [0.15, 0.2) is 16.6 Å². The van der Waals surface area contributed by atoms with E-state index in [9.17, 15) is 4.79 Å². The molecule has 0 aliphatic carbocycles. The zero-order valence-corrected chi connectivity index (χ0v) is 17.5. The van der Waals surface area contributed by atoms with Crippen LogP contribution in [0.2, 0.25) is 0 Å². The Balaban J connectivity index is 1.12. The van der Waals surface area contributed by atoms with Crippen LogP contribution in [0, 0.1) is 11.8 Å². The van der Waals surface area contributed by atoms with Gasteiger partial charge in [-0.3, -0.25) is 4.79 Å². The lowest BCUT2D eigenvalue weighted by atomic mass is 10.2. The molecule has 3 heterocycles. The quantitative estimate of drug-likeness (QED) is 0.266. The second kappa shape index (κ2) is 9.82. The van der Waals surface area contributed by atoms with E-state index in [1.54, 1.807) is 24.4 Å². The number of pyridine rings is 1. The first-order chi connectivity index (χ1) is 15.2. The number of aromatic nitrogens is 2. The SMILES string of the molecule is O=C(C#Cc1ccc2c(c1)OCO2)NCCCNC(=S)NCc1ccnc2[nH]ccc12. The molecule has 2 aromatic heterocycles. The lowest BCUT2D eigenvalue weighted by Crippen LogP contribution is -2.36. The largest absolute Gasteiger partial charge is 0.454 e. The van der Waals surface area contributed by atoms with Crippen molar-refractivity contribution in [3.8, 4) is 23.3 Å². The standard InChI is InChI=1S/C22H21N5O3S/c28-20(5-3-15-2-4-18-19(12-15)30-14-29-18)23-8-1-9-26-22(31)27-13-16-6-10-24-21-17(16)7-11-25-21/h2,4,6-7,10-12H,1,8-9,13-14H2,(H,23,28)(H,24,25)(H2,26,27,31). The third-order valence-electron chi connectivity index (χ3n) is 4.61. The van der Waals surface area contributed by atoms with Gasteiger partial charge in [0, 0.05) is 48.9 Å². The number of carbonyl (C=O) groups excluding carboxylic acids is 1. The molecule has 1 aliphatic rings. The highest BCUT2D eigenvalue weighted by Gasteiger charge is 2.12. The monoisotopic (exact) mass is 435 g/mol. The van der Waals surface area contributed by atoms with Gasteiger partial charge < -0.3 is 30.4 Å². The minimum absolute atomic E-state index is 0.209. The number of nitrogens with one attached hydrogen (secondary N) is 4. The molecule has 1 aromatic carbocycles. The van der Waals surface area contributed by atoms with Gasteiger partial charge in [-0.25, -0.2) is 4.98 Å². The van der Waals surface area contributed by atoms with E-state index in [-0.39, 0.29) is 12.7 Å². The van der Waals surface area contributed by atoms with Gasteiger partial charge in [-0.1, -0.05) is 5.92 Å². The van der Waals surface area contributed by atoms with Crippen LogP contribution in [0.1, 0.15) is 17.5 Å². The first-order valence-electron chi connectivity index (χ1n) is 9.81. The average molecular weight is 436 g/mol. The summed E-state index contributed by atoms with van der Waals surface area (Å²) in [6.07, 6.45) is 4.35. The number of benzene rings is 1. The van der Waals surface area contributed by atoms with Crippen molar-refractivity contribution in [2.75, 3.05) is 19.9 Å². The number of thiocarbonyl (C=S) groups is 1. The van der Waals surface area contributed by atoms with Gasteiger partial charge in [-0.05, 0) is 54.5 Å². The van der Waals surface area contributed by atoms with E-state index in [0.717, 1.165) is 23.0 Å². The van der Waals surface area contributed by atoms with E-state index >= 15 is 0 Å². The van der Waals surface area contributed by atoms with Gasteiger partial charge in [0.05, 0.1) is 0 Å². The topological polar surface area (TPSA) is 100 Å². The Bertz CT molecular complexity index is 1160. The van der Waals surface area contributed by atoms with Crippen LogP contribution in [0.5, 0.6) is 11.5 Å². The first-order valence-corrected chi connectivity index (χ1v) is 10.2. The van der Waals surface area contributed by atoms with Gasteiger partial charge in [0.25, 0.3) is 5.91 Å². The Hall–Kier alpha value is -3.77. The van der Waals surface area contributed by atoms with Crippen molar-refractivity contribution in [2.45, 2.75) is 13.0 Å². The van der Waals surface area contributed by atoms with E-state index in [1.807, 2.05) is 18.3 Å². The number of aromatic amines is 1. The van der Waals surface area contributed by atoms with Crippen LogP contribution in [-0.2, 0) is 11.3 Å². The van der Waals surface area contributed by atoms with Crippen LogP contribution >= 0.6 is 12.2 Å². The third-order valence-corrected chi connectivity index (χ3v) is 4.90. The lowest BCUT2D eigenvalue weighted by Gasteiger charge is -2.11. The summed E-state index contributed by atoms with van der Waals surface area (Å²) >= 11 is 5.31. The second-order valence-corrected chi connectivity index (χ2v) is 7.16. The fraction of sp³-hybridized carbons (Fsp3) is 0.227. The molecule has 0 saturated carbocycles. The van der Waals surface area contributed by atoms with Crippen LogP contribution in [0.4, 0.5) is 0 Å². The molecule has 4 rings (SSSR count). The molecule has 0 saturated heterocycles. The van der Waals surface area contributed by atoms with Crippen LogP contribution in [0.15, 0.2) is 42.7 Å². The molecule has 0 unspecified atom stereocenters. The summed E-state index contributed by atoms with van der Waals surface area (Å²) < 4.78 is 10.5. The summed E-state index contributed by atoms with van der Waals surface area (Å²) in [5, 5.41) is 10.7. The maximum absolute atomic E-state index is 11.9. The minimum atomic E-state index is -0.327. The number of fused-ring (bicyclic) bond motifs is 2. The summed E-state index contributed by atoms with van der Waals surface area (Å²) in [6.45, 7) is 1.95. The number of H-pyrrole nitrogens is 1. The zero-order chi connectivity index (χ0) is 21.5. The van der Waals surface area contributed by atoms with Gasteiger partial charge in [0.1, 0.15) is 5.65 Å². The predicted molar refractivity (Wildman–Crippen MR) is 121 cm³/mol. The molecule has 158 valence electrons. The molecule has 0 atom stereocenters. The normalized spacial score (nSPS) is 11.5. The molecule has 3 aromatic rings. The minimum Gasteiger partial charge on any atom is -0.454 e. The van der Waals surface area contributed by atoms with E-state index in [4.69, 9.17) is 21.7 Å². The Morgan fingerprint density at radius 2 is 2.00 bits per heavy atom. The van der Waals surface area contributed by atoms with Crippen molar-refractivity contribution in [1.29, 1.82) is 0 Å². The lowest BCUT2D eigenvalue weighted by molar-refractivity contribution is -0.115. The van der Waals surface area contributed by atoms with Gasteiger partial charge >= 0.3 is 0 Å². The molecule has 31 heavy (non-hydrogen) atoms. The van der Waals surface area contributed by atoms with E-state index in [1.165, 1.54) is 0 Å². The van der Waals surface area contributed by atoms with Crippen LogP contribution < -0.4 is 25.4 Å². The summed E-state index contributed by atoms with van der Waals surface area (Å²) in [7, 11) is 0. The van der Waals surface area contributed by atoms with Crippen molar-refractivity contribution in [3.05, 3.63) is 53.9 Å². The molecule has 0 radical (unpaired) electrons. The summed E-state index contributed by atoms with van der Waals surface area (Å²) in [6, 6.07) is 9.29. The van der Waals surface area contributed by atoms with Gasteiger partial charge in [-0.15, -0.1) is 0 Å². The second-order valence-electron chi connectivity index (χ2n) is 6.75. The van der Waals surface area contributed by atoms with Crippen molar-refractivity contribution >= 4 is 34.3 Å². The predicted octanol–water partition coefficient (Wildman–Crippen LogP) is 1.81. The molecule has 8 nitrogen and oxygen atoms in total. The number of hydrogen-bond donors (Lipinski definition) is 4. The third kappa shape index (κ3) is 5.43. The Morgan fingerprint density at radius 1 is 1.13 bits per heavy atom. The van der Waals surface area contributed by atoms with E-state index in [2.05, 4.69) is 37.8 Å². The molecule has 9 heteroatoms. The summed E-state index contributed by atoms with van der Waals surface area (Å²) in [5.41, 5.74) is 2.67. The molecule has 4 N–H and O–H groups in total. The number of hydrogen-bond acceptors (Lipinski definition) is 5. The molecular formula is C22H21N5O3S. The fourth-order valence-electron chi connectivity index (χ4n) is 3.05. The fourth-order valence-corrected chi connectivity index (χ4v) is 3.22. The Morgan fingerprint density at radius 3 is 2.94 bits per heavy atom. The average Bonchev–Trinajstić information content (AvgIpc) is 3.45. The van der Waals surface area contributed by atoms with Crippen molar-refractivity contribution in [1.82, 2.24) is 25.9 Å². The molecule has 0 fully saturated rings. The maximum atomic E-state index is 11.9. The number of carbonyl (C=O) groups is 1. The first kappa shape index (κ1) is 20.5. The summed E-state index contributed by atoms with van der Waals surface area (Å²) in [5.74, 6) is 6.41. The molecule has 1 aliphatic heterocycles. The van der Waals surface area contributed by atoms with Crippen LogP contribution in [0.3, 0.4) is 0 Å². The summed E-state index contributed by atoms with van der Waals surface area (Å²) in [4.78, 5) is 19.2. The van der Waals surface area contributed by atoms with Crippen LogP contribution in [-0.4, -0.2) is 40.9 Å². The smallest absolute Gasteiger partial charge is 0.296 e. The Kier molecular flexibility index (Phi) is 6.50. The number of amides is 1. The number of nitrogens with zero attached hydrogens (tertiary/aromatic N) is 1. The maximum Gasteiger partial charge on any atom is 0.296 e. The van der Waals surface area contributed by atoms with E-state index < -0.39 is 0 Å². The number of rotatable bonds is 6. The van der Waals surface area contributed by atoms with Gasteiger partial charge in [0.2, 0.25) is 6.79 Å². The highest BCUT2D eigenvalue weighted by atomic mass is 32.1. The van der Waals surface area contributed by atoms with Crippen LogP contribution in [0.25, 0.3) is 11.0 Å². The zero-order valence-electron chi connectivity index (χ0n) is 16.7. The molecule has 0 spiro atoms. The van der Waals surface area contributed by atoms with Crippen molar-refractivity contribution in [2.24, 2.45) is 0 Å².